The maximum absolute atomic E-state index is 6.18. The summed E-state index contributed by atoms with van der Waals surface area (Å²) in [5.41, 5.74) is 0. The van der Waals surface area contributed by atoms with Crippen molar-refractivity contribution in [1.82, 2.24) is 0 Å². The first-order valence-corrected chi connectivity index (χ1v) is 11.9. The van der Waals surface area contributed by atoms with Crippen LogP contribution < -0.4 is 10.4 Å². The Hall–Kier alpha value is -1.61. The fourth-order valence-electron chi connectivity index (χ4n) is 4.22. The molecule has 1 fully saturated rings. The Morgan fingerprint density at radius 2 is 1.36 bits per heavy atom. The minimum absolute atomic E-state index is 0.832. The van der Waals surface area contributed by atoms with Gasteiger partial charge >= 0.3 is 0 Å². The molecule has 1 heterocycles. The Bertz CT molecular complexity index is 891. The van der Waals surface area contributed by atoms with Crippen LogP contribution in [0.4, 0.5) is 0 Å². The van der Waals surface area contributed by atoms with E-state index < -0.39 is 8.07 Å². The maximum atomic E-state index is 6.18. The van der Waals surface area contributed by atoms with Crippen LogP contribution in [0, 0.1) is 0 Å². The number of nitrogens with zero attached hydrogens (tertiary/aromatic N) is 1. The minimum Gasteiger partial charge on any atom is -0.329 e. The normalized spacial score (nSPS) is 19.0. The molecule has 1 nitrogen and oxygen atoms in total. The molecule has 0 saturated carbocycles. The lowest BCUT2D eigenvalue weighted by molar-refractivity contribution is -0.888. The largest absolute Gasteiger partial charge is 0.329 e. The van der Waals surface area contributed by atoms with Crippen molar-refractivity contribution < 1.29 is 4.48 Å². The van der Waals surface area contributed by atoms with E-state index in [0.29, 0.717) is 0 Å². The topological polar surface area (TPSA) is 0 Å². The van der Waals surface area contributed by atoms with Gasteiger partial charge in [-0.3, -0.25) is 0 Å². The van der Waals surface area contributed by atoms with Crippen molar-refractivity contribution in [2.24, 2.45) is 0 Å². The minimum atomic E-state index is -1.74. The van der Waals surface area contributed by atoms with Crippen molar-refractivity contribution in [2.45, 2.75) is 12.1 Å². The lowest BCUT2D eigenvalue weighted by Crippen LogP contribution is -2.65. The quantitative estimate of drug-likeness (QED) is 0.472. The summed E-state index contributed by atoms with van der Waals surface area (Å²) in [6.07, 6.45) is 0. The van der Waals surface area contributed by atoms with Crippen molar-refractivity contribution in [3.63, 3.8) is 0 Å². The van der Waals surface area contributed by atoms with Crippen LogP contribution in [0.1, 0.15) is 0 Å². The van der Waals surface area contributed by atoms with Crippen LogP contribution in [0.2, 0.25) is 17.1 Å². The number of fused-ring (bicyclic) bond motifs is 1. The SMILES string of the molecule is C[N+]1(C)CC[Si](c2ccc(Cl)cc2)(c2ccc3ccccc3c2)CC1. The van der Waals surface area contributed by atoms with Gasteiger partial charge in [0.2, 0.25) is 0 Å². The zero-order valence-corrected chi connectivity index (χ0v) is 16.8. The first-order valence-electron chi connectivity index (χ1n) is 9.06. The van der Waals surface area contributed by atoms with Crippen molar-refractivity contribution in [2.75, 3.05) is 27.2 Å². The summed E-state index contributed by atoms with van der Waals surface area (Å²) in [7, 11) is 2.99. The van der Waals surface area contributed by atoms with E-state index in [2.05, 4.69) is 80.8 Å². The molecule has 0 N–H and O–H groups in total. The van der Waals surface area contributed by atoms with E-state index in [1.165, 1.54) is 41.1 Å². The molecule has 4 rings (SSSR count). The number of quaternary nitrogens is 1. The number of benzene rings is 3. The van der Waals surface area contributed by atoms with E-state index in [1.54, 1.807) is 5.19 Å². The molecule has 0 spiro atoms. The van der Waals surface area contributed by atoms with Crippen LogP contribution in [0.3, 0.4) is 0 Å². The van der Waals surface area contributed by atoms with Gasteiger partial charge in [-0.2, -0.15) is 0 Å². The Morgan fingerprint density at radius 1 is 0.760 bits per heavy atom. The van der Waals surface area contributed by atoms with Gasteiger partial charge in [-0.15, -0.1) is 0 Å². The number of hydrogen-bond acceptors (Lipinski definition) is 0. The zero-order valence-electron chi connectivity index (χ0n) is 15.0. The van der Waals surface area contributed by atoms with Crippen LogP contribution in [0.15, 0.2) is 66.7 Å². The zero-order chi connectivity index (χ0) is 17.5. The fourth-order valence-corrected chi connectivity index (χ4v) is 9.70. The molecule has 0 atom stereocenters. The van der Waals surface area contributed by atoms with Gasteiger partial charge < -0.3 is 4.48 Å². The van der Waals surface area contributed by atoms with Gasteiger partial charge in [0.25, 0.3) is 0 Å². The van der Waals surface area contributed by atoms with E-state index in [9.17, 15) is 0 Å². The van der Waals surface area contributed by atoms with Crippen LogP contribution in [0.5, 0.6) is 0 Å². The Labute approximate surface area is 156 Å². The van der Waals surface area contributed by atoms with E-state index in [0.717, 1.165) is 9.51 Å². The average molecular weight is 367 g/mol. The molecular weight excluding hydrogens is 342 g/mol. The summed E-state index contributed by atoms with van der Waals surface area (Å²) in [4.78, 5) is 0. The Morgan fingerprint density at radius 3 is 2.04 bits per heavy atom. The number of halogens is 1. The lowest BCUT2D eigenvalue weighted by atomic mass is 10.1. The Balaban J connectivity index is 1.85. The van der Waals surface area contributed by atoms with E-state index in [1.807, 2.05) is 0 Å². The molecule has 3 aromatic rings. The Kier molecular flexibility index (Phi) is 4.23. The van der Waals surface area contributed by atoms with Gasteiger partial charge in [-0.1, -0.05) is 76.6 Å². The maximum Gasteiger partial charge on any atom is 0.129 e. The van der Waals surface area contributed by atoms with Crippen LogP contribution in [-0.4, -0.2) is 39.7 Å². The highest BCUT2D eigenvalue weighted by atomic mass is 35.5. The van der Waals surface area contributed by atoms with Gasteiger partial charge in [0.15, 0.2) is 0 Å². The molecular formula is C22H25ClNSi+. The molecule has 1 saturated heterocycles. The van der Waals surface area contributed by atoms with E-state index in [-0.39, 0.29) is 0 Å². The smallest absolute Gasteiger partial charge is 0.129 e. The molecule has 128 valence electrons. The first-order chi connectivity index (χ1) is 12.0. The fraction of sp³-hybridized carbons (Fsp3) is 0.273. The van der Waals surface area contributed by atoms with Gasteiger partial charge in [0.05, 0.1) is 27.2 Å². The molecule has 1 aliphatic rings. The molecule has 0 bridgehead atoms. The second-order valence-electron chi connectivity index (χ2n) is 8.03. The highest BCUT2D eigenvalue weighted by Gasteiger charge is 2.43. The summed E-state index contributed by atoms with van der Waals surface area (Å²) < 4.78 is 1.13. The molecule has 0 radical (unpaired) electrons. The molecule has 0 aliphatic carbocycles. The lowest BCUT2D eigenvalue weighted by Gasteiger charge is -2.44. The van der Waals surface area contributed by atoms with Gasteiger partial charge in [-0.05, 0) is 22.9 Å². The number of hydrogen-bond donors (Lipinski definition) is 0. The summed E-state index contributed by atoms with van der Waals surface area (Å²) in [6.45, 7) is 2.50. The van der Waals surface area contributed by atoms with E-state index >= 15 is 0 Å². The monoisotopic (exact) mass is 366 g/mol. The van der Waals surface area contributed by atoms with Crippen molar-refractivity contribution >= 4 is 40.8 Å². The van der Waals surface area contributed by atoms with Crippen molar-refractivity contribution in [3.05, 3.63) is 71.8 Å². The van der Waals surface area contributed by atoms with Crippen LogP contribution in [-0.2, 0) is 0 Å². The van der Waals surface area contributed by atoms with Gasteiger partial charge in [-0.25, -0.2) is 0 Å². The predicted octanol–water partition coefficient (Wildman–Crippen LogP) is 4.15. The van der Waals surface area contributed by atoms with Crippen molar-refractivity contribution in [1.29, 1.82) is 0 Å². The van der Waals surface area contributed by atoms with Crippen molar-refractivity contribution in [3.8, 4) is 0 Å². The second-order valence-corrected chi connectivity index (χ2v) is 12.8. The third kappa shape index (κ3) is 3.15. The van der Waals surface area contributed by atoms with Crippen LogP contribution in [0.25, 0.3) is 10.8 Å². The molecule has 25 heavy (non-hydrogen) atoms. The average Bonchev–Trinajstić information content (AvgIpc) is 2.63. The van der Waals surface area contributed by atoms with Gasteiger partial charge in [0, 0.05) is 17.1 Å². The molecule has 0 aromatic heterocycles. The third-order valence-electron chi connectivity index (χ3n) is 5.99. The second kappa shape index (κ2) is 6.28. The molecule has 3 aromatic carbocycles. The highest BCUT2D eigenvalue weighted by Crippen LogP contribution is 2.27. The summed E-state index contributed by atoms with van der Waals surface area (Å²) in [5.74, 6) is 0. The molecule has 3 heteroatoms. The molecule has 0 amide bonds. The highest BCUT2D eigenvalue weighted by molar-refractivity contribution is 7.02. The predicted molar refractivity (Wildman–Crippen MR) is 112 cm³/mol. The summed E-state index contributed by atoms with van der Waals surface area (Å²) in [5, 5.41) is 6.64. The van der Waals surface area contributed by atoms with Gasteiger partial charge in [0.1, 0.15) is 8.07 Å². The third-order valence-corrected chi connectivity index (χ3v) is 11.2. The molecule has 1 aliphatic heterocycles. The number of rotatable bonds is 2. The van der Waals surface area contributed by atoms with E-state index in [4.69, 9.17) is 11.6 Å². The first kappa shape index (κ1) is 16.8. The summed E-state index contributed by atoms with van der Waals surface area (Å²) >= 11 is 6.18. The standard InChI is InChI=1S/C22H25ClNSi/c1-24(2)13-15-25(16-14-24,21-11-8-20(23)9-12-21)22-10-7-18-5-3-4-6-19(18)17-22/h3-12,17H,13-16H2,1-2H3/q+1. The van der Waals surface area contributed by atoms with Crippen LogP contribution >= 0.6 is 11.6 Å². The summed E-state index contributed by atoms with van der Waals surface area (Å²) in [6, 6.07) is 27.2. The molecule has 0 unspecified atom stereocenters.